The average molecular weight is 731 g/mol. The molecule has 0 N–H and O–H groups in total. The molecule has 3 nitrogen and oxygen atoms in total. The summed E-state index contributed by atoms with van der Waals surface area (Å²) in [5.74, 6) is 2.48. The predicted molar refractivity (Wildman–Crippen MR) is 233 cm³/mol. The molecule has 2 atom stereocenters. The Bertz CT molecular complexity index is 2860. The normalized spacial score (nSPS) is 17.0. The number of rotatable bonds is 5. The Kier molecular flexibility index (Phi) is 7.75. The van der Waals surface area contributed by atoms with Gasteiger partial charge in [-0.1, -0.05) is 195 Å². The van der Waals surface area contributed by atoms with Crippen molar-refractivity contribution in [3.05, 3.63) is 239 Å². The largest absolute Gasteiger partial charge is 0.456 e. The van der Waals surface area contributed by atoms with Gasteiger partial charge in [0.15, 0.2) is 5.84 Å². The minimum atomic E-state index is -0.539. The fourth-order valence-electron chi connectivity index (χ4n) is 9.61. The van der Waals surface area contributed by atoms with Crippen LogP contribution in [0.2, 0.25) is 0 Å². The highest BCUT2D eigenvalue weighted by Gasteiger charge is 2.51. The highest BCUT2D eigenvalue weighted by Crippen LogP contribution is 2.63. The van der Waals surface area contributed by atoms with Crippen molar-refractivity contribution in [1.82, 2.24) is 0 Å². The van der Waals surface area contributed by atoms with Gasteiger partial charge in [0.2, 0.25) is 0 Å². The Morgan fingerprint density at radius 1 is 0.439 bits per heavy atom. The number of amidine groups is 1. The Morgan fingerprint density at radius 3 is 1.70 bits per heavy atom. The number of ether oxygens (including phenoxy) is 1. The fourth-order valence-corrected chi connectivity index (χ4v) is 9.61. The Hall–Kier alpha value is -7.10. The summed E-state index contributed by atoms with van der Waals surface area (Å²) in [6.45, 7) is 2.27. The SMILES string of the molecule is CC1C(c2cccc(-c3ccccc3)c2)=NC(c2ccccc2)=NC1c1ccccc1-c1cccc2c1Oc1ccccc1C21c2ccccc2-c2ccccc21. The molecule has 57 heavy (non-hydrogen) atoms. The standard InChI is InChI=1S/C54H38N2O/c1-35-50(39-23-16-22-38(34-39)36-18-4-2-5-19-36)55-53(37-20-6-3-7-21-37)56-51(35)43-27-9-8-24-40(43)44-28-17-32-48-52(44)57-49-33-15-14-31-47(49)54(48)45-29-12-10-25-41(45)42-26-11-13-30-46(42)54/h2-35,51H,1H3. The molecular formula is C54H38N2O. The Balaban J connectivity index is 1.11. The molecule has 0 saturated heterocycles. The van der Waals surface area contributed by atoms with Gasteiger partial charge in [-0.25, -0.2) is 4.99 Å². The zero-order valence-corrected chi connectivity index (χ0v) is 31.5. The number of hydrogen-bond donors (Lipinski definition) is 0. The molecule has 2 heterocycles. The van der Waals surface area contributed by atoms with Gasteiger partial charge in [-0.2, -0.15) is 0 Å². The number of fused-ring (bicyclic) bond motifs is 9. The molecule has 3 heteroatoms. The molecule has 1 spiro atoms. The van der Waals surface area contributed by atoms with Crippen molar-refractivity contribution >= 4 is 11.5 Å². The van der Waals surface area contributed by atoms with Gasteiger partial charge in [-0.15, -0.1) is 0 Å². The van der Waals surface area contributed by atoms with Crippen molar-refractivity contribution in [3.63, 3.8) is 0 Å². The second-order valence-electron chi connectivity index (χ2n) is 15.2. The van der Waals surface area contributed by atoms with E-state index in [-0.39, 0.29) is 12.0 Å². The smallest absolute Gasteiger partial charge is 0.155 e. The van der Waals surface area contributed by atoms with Crippen LogP contribution in [0.4, 0.5) is 0 Å². The minimum Gasteiger partial charge on any atom is -0.456 e. The maximum absolute atomic E-state index is 7.13. The van der Waals surface area contributed by atoms with Crippen LogP contribution in [0, 0.1) is 5.92 Å². The second kappa shape index (κ2) is 13.3. The zero-order chi connectivity index (χ0) is 37.9. The van der Waals surface area contributed by atoms with Gasteiger partial charge in [0.1, 0.15) is 11.5 Å². The van der Waals surface area contributed by atoms with Crippen molar-refractivity contribution in [2.24, 2.45) is 15.9 Å². The first-order valence-electron chi connectivity index (χ1n) is 19.8. The van der Waals surface area contributed by atoms with E-state index < -0.39 is 5.41 Å². The highest BCUT2D eigenvalue weighted by molar-refractivity contribution is 6.15. The molecule has 2 unspecified atom stereocenters. The first-order valence-corrected chi connectivity index (χ1v) is 19.8. The van der Waals surface area contributed by atoms with Crippen LogP contribution in [0.3, 0.4) is 0 Å². The maximum atomic E-state index is 7.13. The van der Waals surface area contributed by atoms with E-state index in [1.165, 1.54) is 33.4 Å². The van der Waals surface area contributed by atoms with Crippen LogP contribution in [0.1, 0.15) is 51.9 Å². The highest BCUT2D eigenvalue weighted by atomic mass is 16.5. The van der Waals surface area contributed by atoms with Crippen molar-refractivity contribution in [1.29, 1.82) is 0 Å². The van der Waals surface area contributed by atoms with Crippen LogP contribution in [-0.2, 0) is 5.41 Å². The Morgan fingerprint density at radius 2 is 0.965 bits per heavy atom. The molecule has 0 aromatic heterocycles. The summed E-state index contributed by atoms with van der Waals surface area (Å²) in [6.07, 6.45) is 0. The van der Waals surface area contributed by atoms with Crippen molar-refractivity contribution in [2.45, 2.75) is 18.4 Å². The lowest BCUT2D eigenvalue weighted by molar-refractivity contribution is 0.438. The predicted octanol–water partition coefficient (Wildman–Crippen LogP) is 13.1. The van der Waals surface area contributed by atoms with E-state index >= 15 is 0 Å². The average Bonchev–Trinajstić information content (AvgIpc) is 3.57. The summed E-state index contributed by atoms with van der Waals surface area (Å²) in [4.78, 5) is 10.9. The monoisotopic (exact) mass is 730 g/mol. The lowest BCUT2D eigenvalue weighted by Gasteiger charge is -2.40. The number of nitrogens with zero attached hydrogens (tertiary/aromatic N) is 2. The van der Waals surface area contributed by atoms with E-state index in [1.807, 2.05) is 6.07 Å². The van der Waals surface area contributed by atoms with Crippen LogP contribution in [0.15, 0.2) is 210 Å². The van der Waals surface area contributed by atoms with Crippen LogP contribution in [0.25, 0.3) is 33.4 Å². The molecule has 2 aliphatic heterocycles. The minimum absolute atomic E-state index is 0.0225. The van der Waals surface area contributed by atoms with Crippen molar-refractivity contribution in [2.75, 3.05) is 0 Å². The van der Waals surface area contributed by atoms with Crippen LogP contribution in [0.5, 0.6) is 11.5 Å². The molecule has 8 aromatic carbocycles. The summed E-state index contributed by atoms with van der Waals surface area (Å²) >= 11 is 0. The van der Waals surface area contributed by atoms with E-state index in [1.54, 1.807) is 0 Å². The number of aliphatic imine (C=N–C) groups is 2. The molecule has 11 rings (SSSR count). The molecule has 270 valence electrons. The zero-order valence-electron chi connectivity index (χ0n) is 31.5. The van der Waals surface area contributed by atoms with Crippen LogP contribution in [-0.4, -0.2) is 11.5 Å². The summed E-state index contributed by atoms with van der Waals surface area (Å²) in [6, 6.07) is 71.4. The molecule has 1 aliphatic carbocycles. The molecule has 0 radical (unpaired) electrons. The quantitative estimate of drug-likeness (QED) is 0.174. The fraction of sp³-hybridized carbons (Fsp3) is 0.0741. The summed E-state index contributed by atoms with van der Waals surface area (Å²) in [5.41, 5.74) is 15.7. The first kappa shape index (κ1) is 33.3. The third kappa shape index (κ3) is 5.12. The lowest BCUT2D eigenvalue weighted by Crippen LogP contribution is -2.32. The number of hydrogen-bond acceptors (Lipinski definition) is 3. The van der Waals surface area contributed by atoms with Crippen LogP contribution < -0.4 is 4.74 Å². The van der Waals surface area contributed by atoms with Crippen molar-refractivity contribution in [3.8, 4) is 44.9 Å². The van der Waals surface area contributed by atoms with Gasteiger partial charge in [0.25, 0.3) is 0 Å². The first-order chi connectivity index (χ1) is 28.2. The van der Waals surface area contributed by atoms with E-state index in [0.29, 0.717) is 0 Å². The van der Waals surface area contributed by atoms with Gasteiger partial charge in [0, 0.05) is 28.2 Å². The van der Waals surface area contributed by atoms with Gasteiger partial charge in [-0.05, 0) is 62.2 Å². The van der Waals surface area contributed by atoms with Gasteiger partial charge < -0.3 is 4.74 Å². The van der Waals surface area contributed by atoms with Gasteiger partial charge in [0.05, 0.1) is 17.2 Å². The van der Waals surface area contributed by atoms with Gasteiger partial charge >= 0.3 is 0 Å². The Labute approximate surface area is 333 Å². The van der Waals surface area contributed by atoms with E-state index in [4.69, 9.17) is 14.7 Å². The molecule has 0 fully saturated rings. The lowest BCUT2D eigenvalue weighted by atomic mass is 9.65. The van der Waals surface area contributed by atoms with Gasteiger partial charge in [-0.3, -0.25) is 4.99 Å². The molecule has 0 saturated carbocycles. The molecule has 3 aliphatic rings. The maximum Gasteiger partial charge on any atom is 0.155 e. The van der Waals surface area contributed by atoms with E-state index in [2.05, 4.69) is 201 Å². The molecule has 0 bridgehead atoms. The van der Waals surface area contributed by atoms with Crippen LogP contribution >= 0.6 is 0 Å². The van der Waals surface area contributed by atoms with E-state index in [0.717, 1.165) is 62.0 Å². The second-order valence-corrected chi connectivity index (χ2v) is 15.2. The topological polar surface area (TPSA) is 34.0 Å². The molecular weight excluding hydrogens is 693 g/mol. The summed E-state index contributed by atoms with van der Waals surface area (Å²) in [7, 11) is 0. The van der Waals surface area contributed by atoms with Crippen molar-refractivity contribution < 1.29 is 4.74 Å². The third-order valence-electron chi connectivity index (χ3n) is 12.1. The molecule has 8 aromatic rings. The number of para-hydroxylation sites is 2. The summed E-state index contributed by atoms with van der Waals surface area (Å²) < 4.78 is 7.13. The van der Waals surface area contributed by atoms with E-state index in [9.17, 15) is 0 Å². The molecule has 0 amide bonds. The third-order valence-corrected chi connectivity index (χ3v) is 12.1. The number of benzene rings is 8. The summed E-state index contributed by atoms with van der Waals surface area (Å²) in [5, 5.41) is 0.